The number of H-pyrrole nitrogens is 1. The third kappa shape index (κ3) is 2.42. The van der Waals surface area contributed by atoms with E-state index in [0.29, 0.717) is 10.8 Å². The van der Waals surface area contributed by atoms with E-state index in [1.54, 1.807) is 0 Å². The molecule has 0 aliphatic heterocycles. The number of nitrogens with zero attached hydrogens (tertiary/aromatic N) is 2. The van der Waals surface area contributed by atoms with Gasteiger partial charge in [-0.05, 0) is 61.1 Å². The number of anilines is 1. The van der Waals surface area contributed by atoms with Crippen molar-refractivity contribution in [2.75, 3.05) is 5.73 Å². The standard InChI is InChI=1S/C21H18ClN5/c22-18-8-5-13-15(10-25-21(13)27-18)20-12-4-2-1-3-11(12)19-14(9-23)16(24)6-7-17(19)26-20/h5-10,23H,1-4,24H2,(H,25,27). The van der Waals surface area contributed by atoms with Crippen LogP contribution in [-0.4, -0.2) is 21.2 Å². The van der Waals surface area contributed by atoms with Gasteiger partial charge in [0.2, 0.25) is 0 Å². The van der Waals surface area contributed by atoms with Crippen LogP contribution in [0.15, 0.2) is 30.5 Å². The lowest BCUT2D eigenvalue weighted by Crippen LogP contribution is -2.09. The average molecular weight is 376 g/mol. The molecule has 3 heterocycles. The predicted octanol–water partition coefficient (Wildman–Crippen LogP) is 4.89. The molecule has 27 heavy (non-hydrogen) atoms. The van der Waals surface area contributed by atoms with Gasteiger partial charge in [0.15, 0.2) is 0 Å². The lowest BCUT2D eigenvalue weighted by atomic mass is 9.85. The number of aryl methyl sites for hydroxylation is 1. The highest BCUT2D eigenvalue weighted by Crippen LogP contribution is 2.39. The monoisotopic (exact) mass is 375 g/mol. The Morgan fingerprint density at radius 1 is 1.07 bits per heavy atom. The molecule has 0 amide bonds. The van der Waals surface area contributed by atoms with E-state index >= 15 is 0 Å². The van der Waals surface area contributed by atoms with E-state index in [4.69, 9.17) is 27.7 Å². The molecular formula is C21H18ClN5. The molecule has 1 aliphatic rings. The summed E-state index contributed by atoms with van der Waals surface area (Å²) in [4.78, 5) is 12.6. The second-order valence-electron chi connectivity index (χ2n) is 6.96. The second kappa shape index (κ2) is 6.06. The maximum atomic E-state index is 7.85. The number of hydrogen-bond donors (Lipinski definition) is 3. The van der Waals surface area contributed by atoms with E-state index in [0.717, 1.165) is 64.4 Å². The normalized spacial score (nSPS) is 13.8. The van der Waals surface area contributed by atoms with Crippen molar-refractivity contribution in [2.45, 2.75) is 25.7 Å². The van der Waals surface area contributed by atoms with Crippen LogP contribution in [0.2, 0.25) is 5.15 Å². The van der Waals surface area contributed by atoms with E-state index in [9.17, 15) is 0 Å². The SMILES string of the molecule is N=Cc1c(N)ccc2nc(-c3c[nH]c4nc(Cl)ccc34)c3c(c12)CCCC3. The number of pyridine rings is 2. The van der Waals surface area contributed by atoms with Gasteiger partial charge in [0.05, 0.1) is 11.2 Å². The van der Waals surface area contributed by atoms with Crippen LogP contribution >= 0.6 is 11.6 Å². The minimum atomic E-state index is 0.468. The number of nitrogens with one attached hydrogen (secondary N) is 2. The van der Waals surface area contributed by atoms with Gasteiger partial charge in [0, 0.05) is 40.0 Å². The Morgan fingerprint density at radius 2 is 1.89 bits per heavy atom. The van der Waals surface area contributed by atoms with Crippen molar-refractivity contribution in [1.29, 1.82) is 5.41 Å². The molecule has 0 unspecified atom stereocenters. The summed E-state index contributed by atoms with van der Waals surface area (Å²) in [6.07, 6.45) is 7.56. The maximum absolute atomic E-state index is 7.85. The van der Waals surface area contributed by atoms with Gasteiger partial charge in [0.1, 0.15) is 10.8 Å². The van der Waals surface area contributed by atoms with Crippen LogP contribution in [0, 0.1) is 5.41 Å². The van der Waals surface area contributed by atoms with Gasteiger partial charge >= 0.3 is 0 Å². The summed E-state index contributed by atoms with van der Waals surface area (Å²) in [6, 6.07) is 7.59. The number of hydrogen-bond acceptors (Lipinski definition) is 4. The summed E-state index contributed by atoms with van der Waals surface area (Å²) in [5.74, 6) is 0. The first-order chi connectivity index (χ1) is 13.2. The Bertz CT molecular complexity index is 1220. The molecule has 6 heteroatoms. The van der Waals surface area contributed by atoms with Crippen molar-refractivity contribution in [3.63, 3.8) is 0 Å². The van der Waals surface area contributed by atoms with Gasteiger partial charge in [-0.15, -0.1) is 0 Å². The fourth-order valence-electron chi connectivity index (χ4n) is 4.22. The molecule has 0 radical (unpaired) electrons. The van der Waals surface area contributed by atoms with Crippen molar-refractivity contribution in [3.8, 4) is 11.3 Å². The number of rotatable bonds is 2. The number of benzene rings is 1. The van der Waals surface area contributed by atoms with Crippen LogP contribution in [0.25, 0.3) is 33.2 Å². The molecule has 1 aliphatic carbocycles. The molecular weight excluding hydrogens is 358 g/mol. The zero-order valence-electron chi connectivity index (χ0n) is 14.6. The van der Waals surface area contributed by atoms with Crippen LogP contribution in [0.4, 0.5) is 5.69 Å². The third-order valence-corrected chi connectivity index (χ3v) is 5.66. The van der Waals surface area contributed by atoms with E-state index in [1.165, 1.54) is 17.3 Å². The number of nitrogens with two attached hydrogens (primary N) is 1. The van der Waals surface area contributed by atoms with Crippen molar-refractivity contribution in [2.24, 2.45) is 0 Å². The summed E-state index contributed by atoms with van der Waals surface area (Å²) >= 11 is 6.04. The lowest BCUT2D eigenvalue weighted by Gasteiger charge is -2.22. The van der Waals surface area contributed by atoms with Gasteiger partial charge in [-0.3, -0.25) is 0 Å². The molecule has 0 atom stereocenters. The van der Waals surface area contributed by atoms with Gasteiger partial charge in [0.25, 0.3) is 0 Å². The zero-order valence-corrected chi connectivity index (χ0v) is 15.4. The fraction of sp³-hybridized carbons (Fsp3) is 0.190. The molecule has 0 bridgehead atoms. The molecule has 1 aromatic carbocycles. The highest BCUT2D eigenvalue weighted by atomic mass is 35.5. The number of halogens is 1. The minimum absolute atomic E-state index is 0.468. The molecule has 0 fully saturated rings. The number of aromatic amines is 1. The first-order valence-corrected chi connectivity index (χ1v) is 9.43. The third-order valence-electron chi connectivity index (χ3n) is 5.45. The van der Waals surface area contributed by atoms with E-state index < -0.39 is 0 Å². The van der Waals surface area contributed by atoms with Gasteiger partial charge in [-0.25, -0.2) is 9.97 Å². The maximum Gasteiger partial charge on any atom is 0.139 e. The molecule has 3 aromatic heterocycles. The molecule has 0 saturated heterocycles. The van der Waals surface area contributed by atoms with Crippen LogP contribution < -0.4 is 5.73 Å². The summed E-state index contributed by atoms with van der Waals surface area (Å²) < 4.78 is 0. The zero-order chi connectivity index (χ0) is 18.5. The largest absolute Gasteiger partial charge is 0.398 e. The molecule has 5 nitrogen and oxygen atoms in total. The Morgan fingerprint density at radius 3 is 2.70 bits per heavy atom. The van der Waals surface area contributed by atoms with Gasteiger partial charge in [-0.1, -0.05) is 11.6 Å². The van der Waals surface area contributed by atoms with Crippen LogP contribution in [-0.2, 0) is 12.8 Å². The topological polar surface area (TPSA) is 91.4 Å². The highest BCUT2D eigenvalue weighted by molar-refractivity contribution is 6.29. The van der Waals surface area contributed by atoms with Crippen molar-refractivity contribution >= 4 is 45.4 Å². The Balaban J connectivity index is 1.88. The summed E-state index contributed by atoms with van der Waals surface area (Å²) in [5, 5.41) is 10.4. The van der Waals surface area contributed by atoms with Crippen molar-refractivity contribution < 1.29 is 0 Å². The molecule has 0 spiro atoms. The molecule has 0 saturated carbocycles. The number of nitrogen functional groups attached to an aromatic ring is 1. The highest BCUT2D eigenvalue weighted by Gasteiger charge is 2.23. The Hall–Kier alpha value is -2.92. The average Bonchev–Trinajstić information content (AvgIpc) is 3.10. The molecule has 5 rings (SSSR count). The van der Waals surface area contributed by atoms with E-state index in [1.807, 2.05) is 30.5 Å². The van der Waals surface area contributed by atoms with Crippen LogP contribution in [0.1, 0.15) is 29.5 Å². The van der Waals surface area contributed by atoms with E-state index in [-0.39, 0.29) is 0 Å². The summed E-state index contributed by atoms with van der Waals surface area (Å²) in [6.45, 7) is 0. The summed E-state index contributed by atoms with van der Waals surface area (Å²) in [5.41, 5.74) is 13.8. The van der Waals surface area contributed by atoms with Gasteiger partial charge < -0.3 is 16.1 Å². The fourth-order valence-corrected chi connectivity index (χ4v) is 4.37. The molecule has 134 valence electrons. The van der Waals surface area contributed by atoms with Crippen molar-refractivity contribution in [1.82, 2.24) is 15.0 Å². The predicted molar refractivity (Wildman–Crippen MR) is 111 cm³/mol. The van der Waals surface area contributed by atoms with Crippen LogP contribution in [0.3, 0.4) is 0 Å². The quantitative estimate of drug-likeness (QED) is 0.264. The van der Waals surface area contributed by atoms with Gasteiger partial charge in [-0.2, -0.15) is 0 Å². The number of aromatic nitrogens is 3. The minimum Gasteiger partial charge on any atom is -0.398 e. The van der Waals surface area contributed by atoms with Crippen LogP contribution in [0.5, 0.6) is 0 Å². The molecule has 4 aromatic rings. The first kappa shape index (κ1) is 16.3. The lowest BCUT2D eigenvalue weighted by molar-refractivity contribution is 0.689. The van der Waals surface area contributed by atoms with E-state index in [2.05, 4.69) is 9.97 Å². The van der Waals surface area contributed by atoms with Crippen molar-refractivity contribution in [3.05, 3.63) is 52.3 Å². The molecule has 4 N–H and O–H groups in total. The Labute approximate surface area is 161 Å². The first-order valence-electron chi connectivity index (χ1n) is 9.06. The number of fused-ring (bicyclic) bond motifs is 4. The second-order valence-corrected chi connectivity index (χ2v) is 7.35. The summed E-state index contributed by atoms with van der Waals surface area (Å²) in [7, 11) is 0. The smallest absolute Gasteiger partial charge is 0.139 e. The Kier molecular flexibility index (Phi) is 3.65.